The van der Waals surface area contributed by atoms with E-state index >= 15 is 0 Å². The third-order valence-electron chi connectivity index (χ3n) is 18.0. The fraction of sp³-hybridized carbons (Fsp3) is 0. The molecule has 0 amide bonds. The van der Waals surface area contributed by atoms with Crippen molar-refractivity contribution in [3.8, 4) is 0 Å². The van der Waals surface area contributed by atoms with Gasteiger partial charge in [0.05, 0.1) is 16.1 Å². The number of thiophene rings is 1. The molecule has 0 bridgehead atoms. The van der Waals surface area contributed by atoms with E-state index in [4.69, 9.17) is 0 Å². The summed E-state index contributed by atoms with van der Waals surface area (Å²) in [4.78, 5) is 15.1. The molecule has 9 heteroatoms. The lowest BCUT2D eigenvalue weighted by Gasteiger charge is -2.46. The lowest BCUT2D eigenvalue weighted by atomic mass is 9.31. The predicted molar refractivity (Wildman–Crippen MR) is 373 cm³/mol. The lowest BCUT2D eigenvalue weighted by Crippen LogP contribution is -2.64. The molecule has 4 aliphatic rings. The summed E-state index contributed by atoms with van der Waals surface area (Å²) in [6.45, 7) is -0.199. The standard InChI is InChI=1S/C78H51B2N5S2/c1-7-26-52(27-8-1)81(53-28-9-2-10-29-53)58-46-70-76-71(47-58)85(68-44-25-39-61-60-38-19-24-45-73(60)87-78(61)68)69-51-74-65(50-64(69)79(76)62-40-20-22-42-66(62)83(70)56-34-15-5-16-35-56)80-63-41-21-23-43-67(63)84(57-36-17-6-18-37-57)72-48-59(49-75(86-74)77(72)80)82(54-30-11-3-12-31-54)55-32-13-4-14-33-55/h1-51H. The number of hydrogen-bond donors (Lipinski definition) is 0. The molecule has 87 heavy (non-hydrogen) atoms. The third kappa shape index (κ3) is 7.83. The highest BCUT2D eigenvalue weighted by Gasteiger charge is 2.48. The molecule has 0 saturated heterocycles. The summed E-state index contributed by atoms with van der Waals surface area (Å²) in [7, 11) is 0. The Morgan fingerprint density at radius 1 is 0.264 bits per heavy atom. The van der Waals surface area contributed by atoms with Crippen molar-refractivity contribution in [1.82, 2.24) is 0 Å². The van der Waals surface area contributed by atoms with Crippen molar-refractivity contribution in [3.05, 3.63) is 309 Å². The van der Waals surface area contributed by atoms with E-state index in [0.29, 0.717) is 0 Å². The van der Waals surface area contributed by atoms with Gasteiger partial charge in [0.25, 0.3) is 6.71 Å². The average Bonchev–Trinajstić information content (AvgIpc) is 0.798. The summed E-state index contributed by atoms with van der Waals surface area (Å²) >= 11 is 3.81. The van der Waals surface area contributed by atoms with Gasteiger partial charge in [-0.1, -0.05) is 199 Å². The average molecular weight is 1140 g/mol. The van der Waals surface area contributed by atoms with Gasteiger partial charge >= 0.3 is 0 Å². The van der Waals surface area contributed by atoms with Crippen LogP contribution in [0.25, 0.3) is 20.2 Å². The fourth-order valence-corrected chi connectivity index (χ4v) is 16.9. The van der Waals surface area contributed by atoms with Crippen LogP contribution in [0.2, 0.25) is 0 Å². The van der Waals surface area contributed by atoms with Gasteiger partial charge in [-0.2, -0.15) is 0 Å². The zero-order chi connectivity index (χ0) is 57.1. The number of hydrogen-bond acceptors (Lipinski definition) is 7. The SMILES string of the molecule is c1ccc(N(c2ccccc2)c2cc3c4c(c2)N(c2ccccc2)c2ccccc2B4c2cc4c(cc2S3)N(c2cccc3c2sc2ccccc23)c2cc(N(c3ccccc3)c3ccccc3)cc3c2B4c2ccccc2N3c2ccccc2)cc1. The van der Waals surface area contributed by atoms with E-state index < -0.39 is 0 Å². The molecule has 18 rings (SSSR count). The van der Waals surface area contributed by atoms with Crippen LogP contribution in [0.1, 0.15) is 0 Å². The van der Waals surface area contributed by atoms with E-state index in [1.54, 1.807) is 0 Å². The Labute approximate surface area is 515 Å². The first-order chi connectivity index (χ1) is 43.2. The second-order valence-corrected chi connectivity index (χ2v) is 24.9. The van der Waals surface area contributed by atoms with Crippen molar-refractivity contribution in [3.63, 3.8) is 0 Å². The lowest BCUT2D eigenvalue weighted by molar-refractivity contribution is 1.22. The van der Waals surface area contributed by atoms with Crippen molar-refractivity contribution in [2.24, 2.45) is 0 Å². The molecular weight excluding hydrogens is 1090 g/mol. The first-order valence-electron chi connectivity index (χ1n) is 29.8. The van der Waals surface area contributed by atoms with Crippen molar-refractivity contribution >= 4 is 175 Å². The number of nitrogens with zero attached hydrogens (tertiary/aromatic N) is 5. The van der Waals surface area contributed by atoms with Crippen LogP contribution in [0.15, 0.2) is 319 Å². The van der Waals surface area contributed by atoms with E-state index in [9.17, 15) is 0 Å². The number of anilines is 15. The van der Waals surface area contributed by atoms with Crippen molar-refractivity contribution < 1.29 is 0 Å². The molecule has 0 fully saturated rings. The van der Waals surface area contributed by atoms with Crippen LogP contribution in [0, 0.1) is 0 Å². The molecule has 4 aliphatic heterocycles. The molecule has 0 saturated carbocycles. The van der Waals surface area contributed by atoms with Crippen LogP contribution < -0.4 is 57.3 Å². The van der Waals surface area contributed by atoms with Gasteiger partial charge < -0.3 is 24.5 Å². The number of benzene rings is 13. The zero-order valence-electron chi connectivity index (χ0n) is 47.2. The van der Waals surface area contributed by atoms with E-state index in [1.165, 1.54) is 85.5 Å². The van der Waals surface area contributed by atoms with Crippen molar-refractivity contribution in [1.29, 1.82) is 0 Å². The molecule has 0 radical (unpaired) electrons. The quantitative estimate of drug-likeness (QED) is 0.133. The Hall–Kier alpha value is -10.4. The van der Waals surface area contributed by atoms with Crippen LogP contribution in [0.5, 0.6) is 0 Å². The highest BCUT2D eigenvalue weighted by atomic mass is 32.2. The summed E-state index contributed by atoms with van der Waals surface area (Å²) in [5.74, 6) is 0. The molecule has 1 aromatic heterocycles. The molecule has 13 aromatic carbocycles. The summed E-state index contributed by atoms with van der Waals surface area (Å²) in [5.41, 5.74) is 24.8. The molecule has 0 atom stereocenters. The topological polar surface area (TPSA) is 16.2 Å². The highest BCUT2D eigenvalue weighted by molar-refractivity contribution is 8.00. The Morgan fingerprint density at radius 3 is 1.24 bits per heavy atom. The number of fused-ring (bicyclic) bond motifs is 11. The second kappa shape index (κ2) is 20.1. The van der Waals surface area contributed by atoms with E-state index in [2.05, 4.69) is 334 Å². The van der Waals surface area contributed by atoms with Crippen LogP contribution in [0.3, 0.4) is 0 Å². The van der Waals surface area contributed by atoms with Gasteiger partial charge in [-0.05, 0) is 155 Å². The molecular formula is C78H51B2N5S2. The normalized spacial score (nSPS) is 13.1. The fourth-order valence-electron chi connectivity index (χ4n) is 14.4. The maximum Gasteiger partial charge on any atom is 0.252 e. The smallest absolute Gasteiger partial charge is 0.252 e. The van der Waals surface area contributed by atoms with Crippen LogP contribution in [-0.4, -0.2) is 13.4 Å². The minimum atomic E-state index is -0.126. The van der Waals surface area contributed by atoms with Gasteiger partial charge in [-0.3, -0.25) is 0 Å². The zero-order valence-corrected chi connectivity index (χ0v) is 48.8. The van der Waals surface area contributed by atoms with Crippen molar-refractivity contribution in [2.45, 2.75) is 9.79 Å². The van der Waals surface area contributed by atoms with E-state index in [1.807, 2.05) is 23.1 Å². The third-order valence-corrected chi connectivity index (χ3v) is 20.3. The number of rotatable bonds is 9. The Bertz CT molecular complexity index is 4930. The minimum Gasteiger partial charge on any atom is -0.311 e. The summed E-state index contributed by atoms with van der Waals surface area (Å²) < 4.78 is 2.54. The van der Waals surface area contributed by atoms with Gasteiger partial charge in [0.2, 0.25) is 6.71 Å². The van der Waals surface area contributed by atoms with Gasteiger partial charge in [-0.15, -0.1) is 11.3 Å². The first kappa shape index (κ1) is 49.9. The van der Waals surface area contributed by atoms with E-state index in [-0.39, 0.29) is 13.4 Å². The van der Waals surface area contributed by atoms with Gasteiger partial charge in [0.15, 0.2) is 0 Å². The maximum absolute atomic E-state index is 2.66. The molecule has 5 nitrogen and oxygen atoms in total. The Balaban J connectivity index is 0.949. The summed E-state index contributed by atoms with van der Waals surface area (Å²) in [5, 5.41) is 2.54. The second-order valence-electron chi connectivity index (χ2n) is 22.8. The highest BCUT2D eigenvalue weighted by Crippen LogP contribution is 2.53. The molecule has 0 spiro atoms. The maximum atomic E-state index is 2.66. The van der Waals surface area contributed by atoms with Crippen molar-refractivity contribution in [2.75, 3.05) is 24.5 Å². The molecule has 14 aromatic rings. The van der Waals surface area contributed by atoms with E-state index in [0.717, 1.165) is 62.6 Å². The Morgan fingerprint density at radius 2 is 0.690 bits per heavy atom. The van der Waals surface area contributed by atoms with Crippen LogP contribution in [0.4, 0.5) is 85.3 Å². The number of para-hydroxylation sites is 8. The Kier molecular flexibility index (Phi) is 11.5. The largest absolute Gasteiger partial charge is 0.311 e. The first-order valence-corrected chi connectivity index (χ1v) is 31.4. The molecule has 406 valence electrons. The summed E-state index contributed by atoms with van der Waals surface area (Å²) in [6, 6.07) is 115. The summed E-state index contributed by atoms with van der Waals surface area (Å²) in [6.07, 6.45) is 0. The monoisotopic (exact) mass is 1140 g/mol. The molecule has 0 aliphatic carbocycles. The molecule has 0 N–H and O–H groups in total. The van der Waals surface area contributed by atoms with Gasteiger partial charge in [0, 0.05) is 99.2 Å². The van der Waals surface area contributed by atoms with Crippen LogP contribution >= 0.6 is 23.1 Å². The van der Waals surface area contributed by atoms with Gasteiger partial charge in [-0.25, -0.2) is 0 Å². The predicted octanol–water partition coefficient (Wildman–Crippen LogP) is 17.8. The molecule has 5 heterocycles. The van der Waals surface area contributed by atoms with Crippen LogP contribution in [-0.2, 0) is 0 Å². The molecule has 0 unspecified atom stereocenters. The van der Waals surface area contributed by atoms with Gasteiger partial charge in [0.1, 0.15) is 0 Å². The minimum absolute atomic E-state index is 0.0728.